The third kappa shape index (κ3) is 2.58. The van der Waals surface area contributed by atoms with Crippen molar-refractivity contribution in [2.24, 2.45) is 12.8 Å². The topological polar surface area (TPSA) is 88.7 Å². The highest BCUT2D eigenvalue weighted by Gasteiger charge is 2.40. The molecule has 3 aromatic heterocycles. The summed E-state index contributed by atoms with van der Waals surface area (Å²) in [5, 5.41) is 6.23. The molecule has 6 rings (SSSR count). The lowest BCUT2D eigenvalue weighted by Crippen LogP contribution is -2.47. The highest BCUT2D eigenvalue weighted by Crippen LogP contribution is 2.41. The molecule has 3 N–H and O–H groups in total. The minimum atomic E-state index is 0.295. The zero-order valence-electron chi connectivity index (χ0n) is 16.4. The molecule has 2 atom stereocenters. The third-order valence-electron chi connectivity index (χ3n) is 6.56. The van der Waals surface area contributed by atoms with Gasteiger partial charge in [-0.25, -0.2) is 9.97 Å². The zero-order chi connectivity index (χ0) is 20.6. The molecule has 0 aliphatic carbocycles. The fraction of sp³-hybridized carbons (Fsp3) is 0.381. The number of aromatic nitrogens is 5. The number of nitrogens with one attached hydrogen (secondary N) is 1. The minimum Gasteiger partial charge on any atom is -0.349 e. The molecule has 2 aliphatic heterocycles. The van der Waals surface area contributed by atoms with E-state index >= 15 is 0 Å². The summed E-state index contributed by atoms with van der Waals surface area (Å²) in [5.74, 6) is 0.923. The summed E-state index contributed by atoms with van der Waals surface area (Å²) in [5.41, 5.74) is 10.3. The van der Waals surface area contributed by atoms with Gasteiger partial charge in [0.25, 0.3) is 0 Å². The van der Waals surface area contributed by atoms with Gasteiger partial charge in [0.2, 0.25) is 0 Å². The van der Waals surface area contributed by atoms with Crippen LogP contribution in [0.4, 0.5) is 5.82 Å². The molecule has 7 nitrogen and oxygen atoms in total. The van der Waals surface area contributed by atoms with Crippen LogP contribution in [0.25, 0.3) is 33.2 Å². The Morgan fingerprint density at radius 2 is 1.90 bits per heavy atom. The maximum absolute atomic E-state index is 6.75. The second-order valence-corrected chi connectivity index (χ2v) is 9.12. The van der Waals surface area contributed by atoms with Crippen LogP contribution in [0.1, 0.15) is 25.7 Å². The first kappa shape index (κ1) is 18.4. The van der Waals surface area contributed by atoms with Crippen molar-refractivity contribution in [1.82, 2.24) is 24.7 Å². The van der Waals surface area contributed by atoms with Gasteiger partial charge in [-0.3, -0.25) is 4.68 Å². The maximum Gasteiger partial charge on any atom is 0.159 e. The van der Waals surface area contributed by atoms with Crippen LogP contribution in [0.3, 0.4) is 0 Å². The van der Waals surface area contributed by atoms with Crippen LogP contribution < -0.4 is 10.6 Å². The summed E-state index contributed by atoms with van der Waals surface area (Å²) >= 11 is 13.2. The summed E-state index contributed by atoms with van der Waals surface area (Å²) in [4.78, 5) is 15.4. The highest BCUT2D eigenvalue weighted by atomic mass is 35.5. The lowest BCUT2D eigenvalue weighted by atomic mass is 9.98. The van der Waals surface area contributed by atoms with E-state index in [0.717, 1.165) is 51.9 Å². The van der Waals surface area contributed by atoms with E-state index in [2.05, 4.69) is 15.0 Å². The summed E-state index contributed by atoms with van der Waals surface area (Å²) in [6.07, 6.45) is 8.18. The van der Waals surface area contributed by atoms with Crippen molar-refractivity contribution in [2.75, 3.05) is 4.90 Å². The first-order valence-corrected chi connectivity index (χ1v) is 11.0. The quantitative estimate of drug-likeness (QED) is 0.484. The van der Waals surface area contributed by atoms with Crippen molar-refractivity contribution in [3.8, 4) is 11.1 Å². The number of anilines is 1. The Labute approximate surface area is 183 Å². The largest absolute Gasteiger partial charge is 0.349 e. The second-order valence-electron chi connectivity index (χ2n) is 8.39. The van der Waals surface area contributed by atoms with E-state index in [1.807, 2.05) is 24.5 Å². The SMILES string of the molecule is Cn1nc2ccc(-c3c[nH]c4nc(N5C6CCC5CC(N)C6)cnc34)c(Cl)c2c1Cl. The van der Waals surface area contributed by atoms with E-state index in [0.29, 0.717) is 28.3 Å². The van der Waals surface area contributed by atoms with Gasteiger partial charge >= 0.3 is 0 Å². The number of halogens is 2. The zero-order valence-corrected chi connectivity index (χ0v) is 18.0. The Bertz CT molecular complexity index is 1280. The average Bonchev–Trinajstić information content (AvgIpc) is 3.35. The van der Waals surface area contributed by atoms with Gasteiger partial charge < -0.3 is 15.6 Å². The molecule has 0 radical (unpaired) electrons. The number of fused-ring (bicyclic) bond motifs is 4. The molecule has 0 spiro atoms. The predicted octanol–water partition coefficient (Wildman–Crippen LogP) is 4.28. The van der Waals surface area contributed by atoms with Crippen molar-refractivity contribution in [3.63, 3.8) is 0 Å². The van der Waals surface area contributed by atoms with Crippen molar-refractivity contribution in [3.05, 3.63) is 34.7 Å². The van der Waals surface area contributed by atoms with Gasteiger partial charge in [0.05, 0.1) is 22.1 Å². The van der Waals surface area contributed by atoms with E-state index < -0.39 is 0 Å². The molecule has 2 fully saturated rings. The minimum absolute atomic E-state index is 0.295. The molecule has 2 bridgehead atoms. The number of benzene rings is 1. The Kier molecular flexibility index (Phi) is 4.04. The van der Waals surface area contributed by atoms with Gasteiger partial charge in [0.1, 0.15) is 16.5 Å². The van der Waals surface area contributed by atoms with E-state index in [1.165, 1.54) is 12.8 Å². The lowest BCUT2D eigenvalue weighted by Gasteiger charge is -2.38. The highest BCUT2D eigenvalue weighted by molar-refractivity contribution is 6.43. The second kappa shape index (κ2) is 6.57. The summed E-state index contributed by atoms with van der Waals surface area (Å²) in [6.45, 7) is 0. The molecule has 4 aromatic rings. The Hall–Kier alpha value is -2.35. The molecule has 0 amide bonds. The van der Waals surface area contributed by atoms with Crippen LogP contribution in [-0.4, -0.2) is 42.9 Å². The molecule has 9 heteroatoms. The third-order valence-corrected chi connectivity index (χ3v) is 7.39. The fourth-order valence-electron chi connectivity index (χ4n) is 5.23. The van der Waals surface area contributed by atoms with Crippen molar-refractivity contribution in [1.29, 1.82) is 0 Å². The Balaban J connectivity index is 1.44. The van der Waals surface area contributed by atoms with Crippen LogP contribution in [0.2, 0.25) is 10.2 Å². The first-order chi connectivity index (χ1) is 14.5. The summed E-state index contributed by atoms with van der Waals surface area (Å²) in [7, 11) is 1.80. The fourth-order valence-corrected chi connectivity index (χ4v) is 5.86. The summed E-state index contributed by atoms with van der Waals surface area (Å²) < 4.78 is 1.63. The molecule has 5 heterocycles. The number of hydrogen-bond acceptors (Lipinski definition) is 5. The van der Waals surface area contributed by atoms with Crippen LogP contribution in [0, 0.1) is 0 Å². The number of rotatable bonds is 2. The molecule has 30 heavy (non-hydrogen) atoms. The summed E-state index contributed by atoms with van der Waals surface area (Å²) in [6, 6.07) is 5.11. The molecule has 2 unspecified atom stereocenters. The monoisotopic (exact) mass is 441 g/mol. The van der Waals surface area contributed by atoms with Crippen molar-refractivity contribution in [2.45, 2.75) is 43.8 Å². The smallest absolute Gasteiger partial charge is 0.159 e. The van der Waals surface area contributed by atoms with Crippen molar-refractivity contribution >= 4 is 51.1 Å². The van der Waals surface area contributed by atoms with E-state index in [9.17, 15) is 0 Å². The van der Waals surface area contributed by atoms with E-state index in [1.54, 1.807) is 11.7 Å². The lowest BCUT2D eigenvalue weighted by molar-refractivity contribution is 0.412. The predicted molar refractivity (Wildman–Crippen MR) is 120 cm³/mol. The van der Waals surface area contributed by atoms with Gasteiger partial charge in [0, 0.05) is 42.5 Å². The van der Waals surface area contributed by atoms with E-state index in [-0.39, 0.29) is 0 Å². The van der Waals surface area contributed by atoms with Gasteiger partial charge in [-0.2, -0.15) is 5.10 Å². The Morgan fingerprint density at radius 1 is 1.13 bits per heavy atom. The number of piperidine rings is 1. The number of aryl methyl sites for hydroxylation is 1. The van der Waals surface area contributed by atoms with Gasteiger partial charge in [-0.05, 0) is 31.7 Å². The van der Waals surface area contributed by atoms with Crippen LogP contribution in [-0.2, 0) is 7.05 Å². The van der Waals surface area contributed by atoms with Crippen LogP contribution >= 0.6 is 23.2 Å². The number of nitrogens with two attached hydrogens (primary N) is 1. The standard InChI is InChI=1S/C21H21Cl2N7/c1-29-20(23)17-15(28-29)5-4-13(18(17)22)14-8-26-21-19(14)25-9-16(27-21)30-11-2-3-12(30)7-10(24)6-11/h4-5,8-12H,2-3,6-7,24H2,1H3,(H,26,27). The molecule has 154 valence electrons. The number of H-pyrrole nitrogens is 1. The van der Waals surface area contributed by atoms with Crippen LogP contribution in [0.5, 0.6) is 0 Å². The number of aromatic amines is 1. The molecule has 0 saturated carbocycles. The molecule has 1 aromatic carbocycles. The first-order valence-electron chi connectivity index (χ1n) is 10.2. The number of nitrogens with zero attached hydrogens (tertiary/aromatic N) is 5. The van der Waals surface area contributed by atoms with Gasteiger partial charge in [-0.15, -0.1) is 0 Å². The van der Waals surface area contributed by atoms with Gasteiger partial charge in [-0.1, -0.05) is 29.3 Å². The normalized spacial score (nSPS) is 23.7. The average molecular weight is 442 g/mol. The molecule has 2 aliphatic rings. The van der Waals surface area contributed by atoms with Crippen LogP contribution in [0.15, 0.2) is 24.5 Å². The van der Waals surface area contributed by atoms with Crippen molar-refractivity contribution < 1.29 is 0 Å². The molecular formula is C21H21Cl2N7. The maximum atomic E-state index is 6.75. The van der Waals surface area contributed by atoms with Gasteiger partial charge in [0.15, 0.2) is 5.65 Å². The molecule has 2 saturated heterocycles. The number of hydrogen-bond donors (Lipinski definition) is 2. The Morgan fingerprint density at radius 3 is 2.67 bits per heavy atom. The van der Waals surface area contributed by atoms with E-state index in [4.69, 9.17) is 38.9 Å². The molecular weight excluding hydrogens is 421 g/mol.